The van der Waals surface area contributed by atoms with Gasteiger partial charge in [0.25, 0.3) is 11.8 Å². The molecule has 0 aliphatic carbocycles. The van der Waals surface area contributed by atoms with E-state index in [9.17, 15) is 28.8 Å². The average Bonchev–Trinajstić information content (AvgIpc) is 1.51. The average molecular weight is 1190 g/mol. The van der Waals surface area contributed by atoms with Crippen molar-refractivity contribution in [2.24, 2.45) is 12.2 Å². The highest BCUT2D eigenvalue weighted by Crippen LogP contribution is 2.43. The lowest BCUT2D eigenvalue weighted by atomic mass is 9.77. The quantitative estimate of drug-likeness (QED) is 0.00845. The van der Waals surface area contributed by atoms with Crippen molar-refractivity contribution in [2.45, 2.75) is 81.3 Å². The third kappa shape index (κ3) is 13.8. The molecule has 0 spiro atoms. The molecule has 19 nitrogen and oxygen atoms in total. The molecule has 22 heteroatoms. The van der Waals surface area contributed by atoms with Gasteiger partial charge < -0.3 is 34.4 Å². The molecule has 2 amide bonds. The zero-order valence-electron chi connectivity index (χ0n) is 46.9. The standard InChI is InChI=1S/C62H62N8O11S3/c1-7-77-48(78-8-2)36-69-56(75)55(74)68(6)60(66-69)82-35-34-42-38-83-57-50(54(73)70(57)51(42)58(76)80-52(40-24-14-9-15-25-40)41-26-16-10-17-27-41)64-53(72)49(67-79-37-47(71)81-61(3,4)5)46-39-84-59(63-46)65-62(43-28-18-11-19-29-43,44-30-20-12-21-31-44)45-32-22-13-23-33-45/h9-35,39,48,50,52,57H,7-8,36-38H2,1-6H3,(H,63,65)(H,64,72)/b35-34+,67-49-. The van der Waals surface area contributed by atoms with Crippen LogP contribution in [0.1, 0.15) is 74.2 Å². The third-order valence-electron chi connectivity index (χ3n) is 13.2. The van der Waals surface area contributed by atoms with Crippen LogP contribution in [0.2, 0.25) is 0 Å². The van der Waals surface area contributed by atoms with Crippen LogP contribution in [0.25, 0.3) is 0 Å². The van der Waals surface area contributed by atoms with Gasteiger partial charge in [-0.15, -0.1) is 28.2 Å². The Balaban J connectivity index is 1.04. The van der Waals surface area contributed by atoms with Crippen LogP contribution in [0.5, 0.6) is 0 Å². The molecule has 2 aliphatic heterocycles. The van der Waals surface area contributed by atoms with E-state index in [1.807, 2.05) is 152 Å². The smallest absolute Gasteiger partial charge is 0.356 e. The molecule has 434 valence electrons. The minimum Gasteiger partial charge on any atom is -0.457 e. The number of rotatable bonds is 24. The lowest BCUT2D eigenvalue weighted by molar-refractivity contribution is -0.160. The lowest BCUT2D eigenvalue weighted by Crippen LogP contribution is -2.71. The van der Waals surface area contributed by atoms with Gasteiger partial charge in [-0.3, -0.25) is 28.6 Å². The van der Waals surface area contributed by atoms with E-state index in [0.717, 1.165) is 37.7 Å². The van der Waals surface area contributed by atoms with Gasteiger partial charge in [0.15, 0.2) is 28.4 Å². The highest BCUT2D eigenvalue weighted by Gasteiger charge is 2.55. The molecule has 2 unspecified atom stereocenters. The maximum Gasteiger partial charge on any atom is 0.356 e. The van der Waals surface area contributed by atoms with Gasteiger partial charge in [0.05, 0.1) is 6.54 Å². The number of carbonyl (C=O) groups is 4. The summed E-state index contributed by atoms with van der Waals surface area (Å²) in [6.45, 7) is 8.49. The predicted octanol–water partition coefficient (Wildman–Crippen LogP) is 8.56. The number of hydrogen-bond donors (Lipinski definition) is 2. The van der Waals surface area contributed by atoms with Crippen LogP contribution in [0, 0.1) is 0 Å². The molecule has 2 aromatic heterocycles. The van der Waals surface area contributed by atoms with Gasteiger partial charge in [-0.25, -0.2) is 19.3 Å². The fourth-order valence-electron chi connectivity index (χ4n) is 9.45. The molecule has 0 radical (unpaired) electrons. The molecular formula is C62H62N8O11S3. The normalized spacial score (nSPS) is 15.5. The van der Waals surface area contributed by atoms with Crippen molar-refractivity contribution in [1.82, 2.24) is 29.5 Å². The van der Waals surface area contributed by atoms with Crippen molar-refractivity contribution < 1.29 is 43.0 Å². The van der Waals surface area contributed by atoms with Crippen LogP contribution in [0.15, 0.2) is 200 Å². The van der Waals surface area contributed by atoms with E-state index in [1.54, 1.807) is 51.5 Å². The third-order valence-corrected chi connectivity index (χ3v) is 16.1. The highest BCUT2D eigenvalue weighted by molar-refractivity contribution is 8.02. The molecule has 1 saturated heterocycles. The predicted molar refractivity (Wildman–Crippen MR) is 322 cm³/mol. The van der Waals surface area contributed by atoms with E-state index >= 15 is 0 Å². The number of nitrogens with zero attached hydrogens (tertiary/aromatic N) is 6. The van der Waals surface area contributed by atoms with E-state index in [1.165, 1.54) is 35.0 Å². The Morgan fingerprint density at radius 3 is 1.87 bits per heavy atom. The largest absolute Gasteiger partial charge is 0.457 e. The second-order valence-corrected chi connectivity index (χ2v) is 22.9. The number of ether oxygens (including phenoxy) is 4. The number of fused-ring (bicyclic) bond motifs is 1. The molecule has 2 N–H and O–H groups in total. The monoisotopic (exact) mass is 1190 g/mol. The number of allylic oxidation sites excluding steroid dienone is 1. The summed E-state index contributed by atoms with van der Waals surface area (Å²) in [4.78, 5) is 95.5. The van der Waals surface area contributed by atoms with Crippen molar-refractivity contribution in [2.75, 3.05) is 30.9 Å². The summed E-state index contributed by atoms with van der Waals surface area (Å²) in [5, 5.41) is 18.1. The number of amides is 2. The summed E-state index contributed by atoms with van der Waals surface area (Å²) in [7, 11) is 1.42. The summed E-state index contributed by atoms with van der Waals surface area (Å²) in [6.07, 6.45) is -0.101. The first-order valence-corrected chi connectivity index (χ1v) is 29.8. The van der Waals surface area contributed by atoms with Gasteiger partial charge in [0.1, 0.15) is 33.9 Å². The number of carbonyl (C=O) groups excluding carboxylic acids is 4. The minimum atomic E-state index is -1.20. The SMILES string of the molecule is CCOC(Cn1nc(S/C=C/C2=C(C(=O)OC(c3ccccc3)c3ccccc3)N3C(=O)C(NC(=O)/C(=N\OCC(=O)OC(C)(C)C)c4csc(NC(c5ccccc5)(c5ccccc5)c5ccccc5)n4)C3SC2)n(C)c(=O)c1=O)OCC. The van der Waals surface area contributed by atoms with Crippen LogP contribution in [-0.4, -0.2) is 103 Å². The van der Waals surface area contributed by atoms with Gasteiger partial charge >= 0.3 is 23.1 Å². The number of oxime groups is 1. The summed E-state index contributed by atoms with van der Waals surface area (Å²) in [6, 6.07) is 46.9. The fourth-order valence-corrected chi connectivity index (χ4v) is 12.3. The Kier molecular flexibility index (Phi) is 19.6. The molecule has 5 aromatic carbocycles. The van der Waals surface area contributed by atoms with Crippen LogP contribution in [0.3, 0.4) is 0 Å². The number of nitrogens with one attached hydrogen (secondary N) is 2. The molecule has 0 bridgehead atoms. The topological polar surface area (TPSA) is 224 Å². The van der Waals surface area contributed by atoms with Gasteiger partial charge in [-0.2, -0.15) is 0 Å². The first kappa shape index (κ1) is 60.2. The number of β-lactam (4-membered cyclic amide) rings is 1. The van der Waals surface area contributed by atoms with Gasteiger partial charge in [-0.05, 0) is 79.5 Å². The first-order chi connectivity index (χ1) is 40.6. The van der Waals surface area contributed by atoms with Crippen LogP contribution in [0.4, 0.5) is 5.13 Å². The highest BCUT2D eigenvalue weighted by atomic mass is 32.2. The molecule has 2 atom stereocenters. The van der Waals surface area contributed by atoms with Crippen LogP contribution in [-0.2, 0) is 62.1 Å². The minimum absolute atomic E-state index is 0.0694. The molecule has 1 fully saturated rings. The van der Waals surface area contributed by atoms with Crippen molar-refractivity contribution in [3.05, 3.63) is 234 Å². The van der Waals surface area contributed by atoms with E-state index < -0.39 is 76.4 Å². The second kappa shape index (κ2) is 27.3. The van der Waals surface area contributed by atoms with E-state index in [-0.39, 0.29) is 34.6 Å². The van der Waals surface area contributed by atoms with E-state index in [2.05, 4.69) is 20.9 Å². The molecule has 9 rings (SSSR count). The number of anilines is 1. The molecule has 7 aromatic rings. The Morgan fingerprint density at radius 2 is 1.33 bits per heavy atom. The molecule has 4 heterocycles. The molecule has 0 saturated carbocycles. The van der Waals surface area contributed by atoms with Crippen LogP contribution < -0.4 is 21.8 Å². The van der Waals surface area contributed by atoms with Crippen LogP contribution >= 0.6 is 34.9 Å². The summed E-state index contributed by atoms with van der Waals surface area (Å²) in [5.74, 6) is -2.90. The van der Waals surface area contributed by atoms with Gasteiger partial charge in [-0.1, -0.05) is 169 Å². The van der Waals surface area contributed by atoms with E-state index in [4.69, 9.17) is 28.8 Å². The fraction of sp³-hybridized carbons (Fsp3) is 0.274. The summed E-state index contributed by atoms with van der Waals surface area (Å²) < 4.78 is 25.2. The van der Waals surface area contributed by atoms with Gasteiger partial charge in [0, 0.05) is 31.4 Å². The maximum absolute atomic E-state index is 15.0. The number of benzene rings is 5. The number of thiazole rings is 1. The van der Waals surface area contributed by atoms with Crippen molar-refractivity contribution in [3.8, 4) is 0 Å². The van der Waals surface area contributed by atoms with Gasteiger partial charge in [0.2, 0.25) is 6.61 Å². The Labute approximate surface area is 497 Å². The number of aromatic nitrogens is 4. The molecular weight excluding hydrogens is 1130 g/mol. The maximum atomic E-state index is 15.0. The summed E-state index contributed by atoms with van der Waals surface area (Å²) in [5.41, 5.74) is 0.610. The van der Waals surface area contributed by atoms with Crippen molar-refractivity contribution in [3.63, 3.8) is 0 Å². The zero-order chi connectivity index (χ0) is 59.4. The van der Waals surface area contributed by atoms with E-state index in [0.29, 0.717) is 35.0 Å². The lowest BCUT2D eigenvalue weighted by Gasteiger charge is -2.49. The Bertz CT molecular complexity index is 3530. The Morgan fingerprint density at radius 1 is 0.786 bits per heavy atom. The number of hydrogen-bond acceptors (Lipinski definition) is 18. The molecule has 2 aliphatic rings. The van der Waals surface area contributed by atoms with Crippen molar-refractivity contribution >= 4 is 69.5 Å². The number of esters is 2. The number of thioether (sulfide) groups is 2. The molecule has 84 heavy (non-hydrogen) atoms. The second-order valence-electron chi connectivity index (χ2n) is 20.0. The first-order valence-electron chi connectivity index (χ1n) is 27.0. The zero-order valence-corrected chi connectivity index (χ0v) is 49.4. The summed E-state index contributed by atoms with van der Waals surface area (Å²) >= 11 is 3.50. The van der Waals surface area contributed by atoms with Crippen molar-refractivity contribution in [1.29, 1.82) is 0 Å². The Hall–Kier alpha value is -8.41.